The van der Waals surface area contributed by atoms with Gasteiger partial charge in [-0.3, -0.25) is 14.7 Å². The first kappa shape index (κ1) is 23.5. The van der Waals surface area contributed by atoms with Crippen LogP contribution < -0.4 is 16.0 Å². The number of nitrogens with one attached hydrogen (secondary N) is 2. The minimum absolute atomic E-state index is 0.384. The van der Waals surface area contributed by atoms with E-state index in [0.29, 0.717) is 16.3 Å². The fraction of sp³-hybridized carbons (Fsp3) is 0.240. The number of nitrogens with zero attached hydrogens (tertiary/aromatic N) is 3. The summed E-state index contributed by atoms with van der Waals surface area (Å²) in [5.41, 5.74) is 9.86. The SMILES string of the molecule is C=CC(NC(=O)c1cccc(-c2cc(-c3ccc(N4CCN(C)CC4)c(Cl)c3)[nH]n2)c1)C(N)=O. The molecule has 3 aromatic rings. The minimum atomic E-state index is -0.938. The lowest BCUT2D eigenvalue weighted by Gasteiger charge is -2.34. The molecule has 0 radical (unpaired) electrons. The van der Waals surface area contributed by atoms with Crippen molar-refractivity contribution < 1.29 is 9.59 Å². The molecule has 34 heavy (non-hydrogen) atoms. The number of nitrogens with two attached hydrogens (primary N) is 1. The number of hydrogen-bond donors (Lipinski definition) is 3. The second-order valence-corrected chi connectivity index (χ2v) is 8.70. The third kappa shape index (κ3) is 5.13. The predicted molar refractivity (Wildman–Crippen MR) is 135 cm³/mol. The minimum Gasteiger partial charge on any atom is -0.368 e. The molecule has 0 aliphatic carbocycles. The number of halogens is 1. The van der Waals surface area contributed by atoms with Crippen molar-refractivity contribution >= 4 is 29.1 Å². The summed E-state index contributed by atoms with van der Waals surface area (Å²) in [6, 6.07) is 14.0. The van der Waals surface area contributed by atoms with Gasteiger partial charge in [-0.25, -0.2) is 0 Å². The van der Waals surface area contributed by atoms with E-state index in [9.17, 15) is 9.59 Å². The second-order valence-electron chi connectivity index (χ2n) is 8.29. The van der Waals surface area contributed by atoms with E-state index in [-0.39, 0.29) is 0 Å². The van der Waals surface area contributed by atoms with E-state index in [0.717, 1.165) is 48.7 Å². The number of primary amides is 1. The number of aromatic nitrogens is 2. The Morgan fingerprint density at radius 3 is 2.59 bits per heavy atom. The summed E-state index contributed by atoms with van der Waals surface area (Å²) in [6.07, 6.45) is 1.30. The highest BCUT2D eigenvalue weighted by atomic mass is 35.5. The molecule has 0 bridgehead atoms. The predicted octanol–water partition coefficient (Wildman–Crippen LogP) is 2.92. The highest BCUT2D eigenvalue weighted by Gasteiger charge is 2.18. The van der Waals surface area contributed by atoms with Crippen molar-refractivity contribution in [2.45, 2.75) is 6.04 Å². The van der Waals surface area contributed by atoms with Gasteiger partial charge in [0.2, 0.25) is 5.91 Å². The molecule has 8 nitrogen and oxygen atoms in total. The van der Waals surface area contributed by atoms with Gasteiger partial charge >= 0.3 is 0 Å². The number of hydrogen-bond acceptors (Lipinski definition) is 5. The Morgan fingerprint density at radius 1 is 1.15 bits per heavy atom. The monoisotopic (exact) mass is 478 g/mol. The Kier molecular flexibility index (Phi) is 7.00. The zero-order chi connectivity index (χ0) is 24.2. The molecule has 0 spiro atoms. The average molecular weight is 479 g/mol. The van der Waals surface area contributed by atoms with Gasteiger partial charge in [-0.1, -0.05) is 35.9 Å². The van der Waals surface area contributed by atoms with Crippen LogP contribution >= 0.6 is 11.6 Å². The van der Waals surface area contributed by atoms with Crippen molar-refractivity contribution in [2.24, 2.45) is 5.73 Å². The molecule has 0 saturated carbocycles. The summed E-state index contributed by atoms with van der Waals surface area (Å²) in [4.78, 5) is 28.5. The van der Waals surface area contributed by atoms with Crippen LogP contribution in [0, 0.1) is 0 Å². The lowest BCUT2D eigenvalue weighted by Crippen LogP contribution is -2.44. The van der Waals surface area contributed by atoms with Crippen LogP contribution in [0.25, 0.3) is 22.5 Å². The van der Waals surface area contributed by atoms with Gasteiger partial charge in [-0.05, 0) is 37.4 Å². The first-order valence-corrected chi connectivity index (χ1v) is 11.4. The first-order valence-electron chi connectivity index (χ1n) is 11.0. The van der Waals surface area contributed by atoms with Gasteiger partial charge in [-0.2, -0.15) is 5.10 Å². The van der Waals surface area contributed by atoms with E-state index in [1.54, 1.807) is 18.2 Å². The summed E-state index contributed by atoms with van der Waals surface area (Å²) in [7, 11) is 2.12. The average Bonchev–Trinajstić information content (AvgIpc) is 3.33. The highest BCUT2D eigenvalue weighted by molar-refractivity contribution is 6.33. The topological polar surface area (TPSA) is 107 Å². The number of H-pyrrole nitrogens is 1. The number of carbonyl (C=O) groups is 2. The summed E-state index contributed by atoms with van der Waals surface area (Å²) in [5.74, 6) is -1.10. The molecule has 1 fully saturated rings. The maximum absolute atomic E-state index is 12.5. The zero-order valence-corrected chi connectivity index (χ0v) is 19.7. The van der Waals surface area contributed by atoms with Crippen molar-refractivity contribution in [3.8, 4) is 22.5 Å². The van der Waals surface area contributed by atoms with Gasteiger partial charge in [-0.15, -0.1) is 6.58 Å². The quantitative estimate of drug-likeness (QED) is 0.452. The molecule has 4 rings (SSSR count). The number of anilines is 1. The smallest absolute Gasteiger partial charge is 0.252 e. The maximum atomic E-state index is 12.5. The number of rotatable bonds is 7. The molecule has 1 saturated heterocycles. The van der Waals surface area contributed by atoms with Crippen molar-refractivity contribution in [2.75, 3.05) is 38.1 Å². The molecular weight excluding hydrogens is 452 g/mol. The third-order valence-electron chi connectivity index (χ3n) is 5.93. The molecule has 2 heterocycles. The van der Waals surface area contributed by atoms with Gasteiger partial charge in [0.05, 0.1) is 22.1 Å². The molecule has 1 atom stereocenters. The van der Waals surface area contributed by atoms with Gasteiger partial charge in [0, 0.05) is 42.9 Å². The summed E-state index contributed by atoms with van der Waals surface area (Å²) in [6.45, 7) is 7.43. The number of likely N-dealkylation sites (N-methyl/N-ethyl adjacent to an activating group) is 1. The van der Waals surface area contributed by atoms with Gasteiger partial charge in [0.1, 0.15) is 6.04 Å². The van der Waals surface area contributed by atoms with E-state index in [1.807, 2.05) is 30.3 Å². The Bertz CT molecular complexity index is 1220. The third-order valence-corrected chi connectivity index (χ3v) is 6.23. The lowest BCUT2D eigenvalue weighted by atomic mass is 10.1. The van der Waals surface area contributed by atoms with Gasteiger partial charge in [0.15, 0.2) is 0 Å². The Morgan fingerprint density at radius 2 is 1.91 bits per heavy atom. The molecule has 2 amide bonds. The van der Waals surface area contributed by atoms with Crippen molar-refractivity contribution in [1.82, 2.24) is 20.4 Å². The highest BCUT2D eigenvalue weighted by Crippen LogP contribution is 2.32. The van der Waals surface area contributed by atoms with Crippen molar-refractivity contribution in [1.29, 1.82) is 0 Å². The van der Waals surface area contributed by atoms with Crippen LogP contribution in [0.1, 0.15) is 10.4 Å². The molecule has 4 N–H and O–H groups in total. The summed E-state index contributed by atoms with van der Waals surface area (Å²) in [5, 5.41) is 10.7. The summed E-state index contributed by atoms with van der Waals surface area (Å²) < 4.78 is 0. The van der Waals surface area contributed by atoms with Crippen LogP contribution in [0.3, 0.4) is 0 Å². The normalized spacial score (nSPS) is 15.1. The fourth-order valence-corrected chi connectivity index (χ4v) is 4.19. The molecule has 1 aliphatic rings. The van der Waals surface area contributed by atoms with E-state index < -0.39 is 17.9 Å². The first-order chi connectivity index (χ1) is 16.4. The molecule has 1 unspecified atom stereocenters. The number of benzene rings is 2. The Labute approximate surface area is 203 Å². The van der Waals surface area contributed by atoms with Crippen LogP contribution in [0.2, 0.25) is 5.02 Å². The van der Waals surface area contributed by atoms with E-state index >= 15 is 0 Å². The maximum Gasteiger partial charge on any atom is 0.252 e. The molecular formula is C25H27ClN6O2. The van der Waals surface area contributed by atoms with E-state index in [2.05, 4.69) is 38.9 Å². The van der Waals surface area contributed by atoms with Crippen molar-refractivity contribution in [3.63, 3.8) is 0 Å². The largest absolute Gasteiger partial charge is 0.368 e. The zero-order valence-electron chi connectivity index (χ0n) is 18.9. The number of carbonyl (C=O) groups excluding carboxylic acids is 2. The Hall–Kier alpha value is -3.62. The fourth-order valence-electron chi connectivity index (χ4n) is 3.89. The van der Waals surface area contributed by atoms with E-state index in [4.69, 9.17) is 17.3 Å². The molecule has 9 heteroatoms. The second kappa shape index (κ2) is 10.1. The van der Waals surface area contributed by atoms with Gasteiger partial charge in [0.25, 0.3) is 5.91 Å². The van der Waals surface area contributed by atoms with Crippen LogP contribution in [0.15, 0.2) is 61.2 Å². The standard InChI is InChI=1S/C25H27ClN6O2/c1-3-20(24(27)33)28-25(34)18-6-4-5-16(13-18)21-15-22(30-29-21)17-7-8-23(19(26)14-17)32-11-9-31(2)10-12-32/h3-8,13-15,20H,1,9-12H2,2H3,(H2,27,33)(H,28,34)(H,29,30). The van der Waals surface area contributed by atoms with Crippen LogP contribution in [-0.4, -0.2) is 66.2 Å². The number of piperazine rings is 1. The van der Waals surface area contributed by atoms with Gasteiger partial charge < -0.3 is 20.9 Å². The Balaban J connectivity index is 1.52. The van der Waals surface area contributed by atoms with Crippen LogP contribution in [0.4, 0.5) is 5.69 Å². The molecule has 176 valence electrons. The molecule has 2 aromatic carbocycles. The van der Waals surface area contributed by atoms with Crippen molar-refractivity contribution in [3.05, 3.63) is 71.8 Å². The molecule has 1 aliphatic heterocycles. The molecule has 1 aromatic heterocycles. The van der Waals surface area contributed by atoms with E-state index in [1.165, 1.54) is 6.08 Å². The number of aromatic amines is 1. The van der Waals surface area contributed by atoms with Crippen LogP contribution in [-0.2, 0) is 4.79 Å². The van der Waals surface area contributed by atoms with Crippen LogP contribution in [0.5, 0.6) is 0 Å². The number of amides is 2. The lowest BCUT2D eigenvalue weighted by molar-refractivity contribution is -0.118. The summed E-state index contributed by atoms with van der Waals surface area (Å²) >= 11 is 6.63.